The largest absolute Gasteiger partial charge is 0.396 e. The Balaban J connectivity index is 1.73. The first-order valence-corrected chi connectivity index (χ1v) is 8.25. The van der Waals surface area contributed by atoms with Crippen LogP contribution in [0.25, 0.3) is 5.69 Å². The van der Waals surface area contributed by atoms with Crippen molar-refractivity contribution in [1.29, 1.82) is 0 Å². The Morgan fingerprint density at radius 3 is 3.08 bits per heavy atom. The molecule has 1 aromatic carbocycles. The van der Waals surface area contributed by atoms with E-state index in [1.807, 2.05) is 35.9 Å². The number of amides is 1. The van der Waals surface area contributed by atoms with Gasteiger partial charge >= 0.3 is 0 Å². The molecule has 2 atom stereocenters. The van der Waals surface area contributed by atoms with Gasteiger partial charge in [0.15, 0.2) is 0 Å². The molecule has 3 rings (SSSR count). The monoisotopic (exact) mass is 329 g/mol. The number of ether oxygens (including phenoxy) is 1. The second-order valence-electron chi connectivity index (χ2n) is 6.27. The fraction of sp³-hybridized carbons (Fsp3) is 0.444. The van der Waals surface area contributed by atoms with Crippen LogP contribution in [0, 0.1) is 18.8 Å². The molecule has 24 heavy (non-hydrogen) atoms. The lowest BCUT2D eigenvalue weighted by Crippen LogP contribution is -2.35. The lowest BCUT2D eigenvalue weighted by atomic mass is 9.92. The zero-order valence-corrected chi connectivity index (χ0v) is 13.8. The van der Waals surface area contributed by atoms with Gasteiger partial charge in [-0.1, -0.05) is 11.6 Å². The van der Waals surface area contributed by atoms with E-state index < -0.39 is 0 Å². The van der Waals surface area contributed by atoms with E-state index in [-0.39, 0.29) is 18.4 Å². The summed E-state index contributed by atoms with van der Waals surface area (Å²) < 4.78 is 7.20. The molecule has 0 spiro atoms. The maximum atomic E-state index is 12.7. The molecular formula is C18H23N3O3. The van der Waals surface area contributed by atoms with Gasteiger partial charge in [0, 0.05) is 44.7 Å². The predicted molar refractivity (Wildman–Crippen MR) is 90.1 cm³/mol. The summed E-state index contributed by atoms with van der Waals surface area (Å²) in [6, 6.07) is 5.76. The van der Waals surface area contributed by atoms with Crippen molar-refractivity contribution >= 4 is 5.91 Å². The summed E-state index contributed by atoms with van der Waals surface area (Å²) >= 11 is 0. The Morgan fingerprint density at radius 2 is 2.42 bits per heavy atom. The number of aromatic nitrogens is 2. The third kappa shape index (κ3) is 3.66. The van der Waals surface area contributed by atoms with E-state index >= 15 is 0 Å². The summed E-state index contributed by atoms with van der Waals surface area (Å²) in [4.78, 5) is 16.7. The van der Waals surface area contributed by atoms with Crippen molar-refractivity contribution in [2.24, 2.45) is 11.8 Å². The number of carbonyl (C=O) groups is 1. The van der Waals surface area contributed by atoms with Crippen LogP contribution >= 0.6 is 0 Å². The maximum Gasteiger partial charge on any atom is 0.253 e. The van der Waals surface area contributed by atoms with E-state index in [0.29, 0.717) is 24.6 Å². The molecule has 2 N–H and O–H groups in total. The van der Waals surface area contributed by atoms with E-state index in [2.05, 4.69) is 10.3 Å². The van der Waals surface area contributed by atoms with Crippen molar-refractivity contribution < 1.29 is 14.6 Å². The Bertz CT molecular complexity index is 679. The molecule has 1 aromatic heterocycles. The van der Waals surface area contributed by atoms with Crippen LogP contribution in [0.5, 0.6) is 0 Å². The van der Waals surface area contributed by atoms with Crippen LogP contribution in [0.2, 0.25) is 0 Å². The molecule has 128 valence electrons. The smallest absolute Gasteiger partial charge is 0.253 e. The van der Waals surface area contributed by atoms with Gasteiger partial charge in [0.05, 0.1) is 17.6 Å². The lowest BCUT2D eigenvalue weighted by Gasteiger charge is -2.21. The number of aliphatic hydroxyl groups excluding tert-OH is 1. The van der Waals surface area contributed by atoms with Crippen molar-refractivity contribution in [1.82, 2.24) is 14.9 Å². The number of carbonyl (C=O) groups excluding carboxylic acids is 1. The van der Waals surface area contributed by atoms with E-state index in [0.717, 1.165) is 24.3 Å². The predicted octanol–water partition coefficient (Wildman–Crippen LogP) is 1.56. The first kappa shape index (κ1) is 16.7. The minimum atomic E-state index is -0.139. The van der Waals surface area contributed by atoms with Crippen LogP contribution in [0.4, 0.5) is 0 Å². The van der Waals surface area contributed by atoms with Crippen LogP contribution in [0.15, 0.2) is 36.9 Å². The van der Waals surface area contributed by atoms with Crippen LogP contribution in [-0.4, -0.2) is 46.9 Å². The molecular weight excluding hydrogens is 306 g/mol. The summed E-state index contributed by atoms with van der Waals surface area (Å²) in [6.07, 6.45) is 6.11. The fourth-order valence-corrected chi connectivity index (χ4v) is 3.08. The molecule has 0 aliphatic carbocycles. The summed E-state index contributed by atoms with van der Waals surface area (Å²) in [5, 5.41) is 12.6. The summed E-state index contributed by atoms with van der Waals surface area (Å²) in [7, 11) is 0. The summed E-state index contributed by atoms with van der Waals surface area (Å²) in [5.41, 5.74) is 2.42. The quantitative estimate of drug-likeness (QED) is 0.843. The second-order valence-corrected chi connectivity index (χ2v) is 6.27. The van der Waals surface area contributed by atoms with Gasteiger partial charge in [-0.15, -0.1) is 0 Å². The summed E-state index contributed by atoms with van der Waals surface area (Å²) in [5.74, 6) is 0.193. The first-order valence-electron chi connectivity index (χ1n) is 8.25. The Morgan fingerprint density at radius 1 is 1.54 bits per heavy atom. The van der Waals surface area contributed by atoms with E-state index in [9.17, 15) is 9.90 Å². The molecule has 6 heteroatoms. The molecule has 2 aromatic rings. The van der Waals surface area contributed by atoms with Crippen molar-refractivity contribution in [2.45, 2.75) is 13.3 Å². The highest BCUT2D eigenvalue weighted by Gasteiger charge is 2.26. The normalized spacial score (nSPS) is 18.5. The van der Waals surface area contributed by atoms with Gasteiger partial charge in [-0.25, -0.2) is 4.98 Å². The van der Waals surface area contributed by atoms with Crippen molar-refractivity contribution in [2.75, 3.05) is 26.4 Å². The SMILES string of the molecule is Cc1ccc(-n2ccnc2)c(C(=O)NCC(CO)C2CCOC2)c1. The van der Waals surface area contributed by atoms with Gasteiger partial charge in [0.2, 0.25) is 0 Å². The van der Waals surface area contributed by atoms with Gasteiger partial charge in [0.25, 0.3) is 5.91 Å². The van der Waals surface area contributed by atoms with Crippen molar-refractivity contribution in [3.05, 3.63) is 48.0 Å². The molecule has 1 aliphatic rings. The Hall–Kier alpha value is -2.18. The highest BCUT2D eigenvalue weighted by molar-refractivity contribution is 5.98. The molecule has 2 heterocycles. The van der Waals surface area contributed by atoms with Gasteiger partial charge < -0.3 is 19.7 Å². The zero-order chi connectivity index (χ0) is 16.9. The number of imidazole rings is 1. The van der Waals surface area contributed by atoms with Gasteiger partial charge in [-0.2, -0.15) is 0 Å². The number of hydrogen-bond donors (Lipinski definition) is 2. The third-order valence-corrected chi connectivity index (χ3v) is 4.57. The average molecular weight is 329 g/mol. The fourth-order valence-electron chi connectivity index (χ4n) is 3.08. The number of hydrogen-bond acceptors (Lipinski definition) is 4. The highest BCUT2D eigenvalue weighted by Crippen LogP contribution is 2.22. The Labute approximate surface area is 141 Å². The van der Waals surface area contributed by atoms with Crippen molar-refractivity contribution in [3.8, 4) is 5.69 Å². The van der Waals surface area contributed by atoms with Crippen LogP contribution in [0.1, 0.15) is 22.3 Å². The highest BCUT2D eigenvalue weighted by atomic mass is 16.5. The molecule has 0 radical (unpaired) electrons. The number of nitrogens with one attached hydrogen (secondary N) is 1. The van der Waals surface area contributed by atoms with Crippen molar-refractivity contribution in [3.63, 3.8) is 0 Å². The molecule has 1 fully saturated rings. The molecule has 1 aliphatic heterocycles. The molecule has 0 bridgehead atoms. The van der Waals surface area contributed by atoms with Gasteiger partial charge in [0.1, 0.15) is 0 Å². The van der Waals surface area contributed by atoms with E-state index in [1.54, 1.807) is 12.5 Å². The number of benzene rings is 1. The van der Waals surface area contributed by atoms with Gasteiger partial charge in [-0.05, 0) is 31.4 Å². The van der Waals surface area contributed by atoms with Gasteiger partial charge in [-0.3, -0.25) is 4.79 Å². The average Bonchev–Trinajstić information content (AvgIpc) is 3.29. The van der Waals surface area contributed by atoms with Crippen LogP contribution < -0.4 is 5.32 Å². The maximum absolute atomic E-state index is 12.7. The van der Waals surface area contributed by atoms with Crippen LogP contribution in [0.3, 0.4) is 0 Å². The Kier molecular flexibility index (Phi) is 5.27. The molecule has 2 unspecified atom stereocenters. The van der Waals surface area contributed by atoms with E-state index in [1.165, 1.54) is 0 Å². The molecule has 1 amide bonds. The number of nitrogens with zero attached hydrogens (tertiary/aromatic N) is 2. The molecule has 1 saturated heterocycles. The number of aliphatic hydroxyl groups is 1. The topological polar surface area (TPSA) is 76.4 Å². The number of rotatable bonds is 6. The minimum absolute atomic E-state index is 0.0259. The molecule has 6 nitrogen and oxygen atoms in total. The third-order valence-electron chi connectivity index (χ3n) is 4.57. The standard InChI is InChI=1S/C18H23N3O3/c1-13-2-3-17(21-6-5-19-12-21)16(8-13)18(23)20-9-15(10-22)14-4-7-24-11-14/h2-3,5-6,8,12,14-15,22H,4,7,9-11H2,1H3,(H,20,23). The summed E-state index contributed by atoms with van der Waals surface area (Å²) in [6.45, 7) is 3.85. The minimum Gasteiger partial charge on any atom is -0.396 e. The van der Waals surface area contributed by atoms with Crippen LogP contribution in [-0.2, 0) is 4.74 Å². The lowest BCUT2D eigenvalue weighted by molar-refractivity contribution is 0.0917. The first-order chi connectivity index (χ1) is 11.7. The van der Waals surface area contributed by atoms with E-state index in [4.69, 9.17) is 4.74 Å². The number of aryl methyl sites for hydroxylation is 1. The second kappa shape index (κ2) is 7.59. The molecule has 0 saturated carbocycles. The zero-order valence-electron chi connectivity index (χ0n) is 13.8.